The van der Waals surface area contributed by atoms with Crippen molar-refractivity contribution in [2.45, 2.75) is 32.3 Å². The van der Waals surface area contributed by atoms with Gasteiger partial charge in [0.1, 0.15) is 19.5 Å². The summed E-state index contributed by atoms with van der Waals surface area (Å²) in [7, 11) is 0. The highest BCUT2D eigenvalue weighted by Gasteiger charge is 2.14. The Bertz CT molecular complexity index is 244. The molecule has 112 valence electrons. The van der Waals surface area contributed by atoms with E-state index in [9.17, 15) is 9.90 Å². The van der Waals surface area contributed by atoms with Crippen LogP contribution in [0.15, 0.2) is 12.7 Å². The average molecular weight is 278 g/mol. The number of carbonyl (C=O) groups excluding carboxylic acids is 1. The van der Waals surface area contributed by atoms with Crippen LogP contribution in [0.3, 0.4) is 0 Å². The Morgan fingerprint density at radius 3 is 2.63 bits per heavy atom. The molecule has 2 atom stereocenters. The molecule has 0 spiro atoms. The first kappa shape index (κ1) is 18.0. The van der Waals surface area contributed by atoms with Crippen LogP contribution in [0.25, 0.3) is 0 Å². The van der Waals surface area contributed by atoms with Crippen molar-refractivity contribution in [2.24, 2.45) is 0 Å². The molecule has 0 aromatic rings. The van der Waals surface area contributed by atoms with E-state index in [1.807, 2.05) is 6.92 Å². The fraction of sp³-hybridized carbons (Fsp3) is 0.750. The fourth-order valence-corrected chi connectivity index (χ4v) is 1.00. The molecular formula is C12H22O7. The van der Waals surface area contributed by atoms with E-state index in [0.717, 1.165) is 18.9 Å². The van der Waals surface area contributed by atoms with Crippen LogP contribution in [0.1, 0.15) is 19.8 Å². The Morgan fingerprint density at radius 2 is 2.05 bits per heavy atom. The molecule has 2 unspecified atom stereocenters. The molecule has 0 bridgehead atoms. The van der Waals surface area contributed by atoms with Crippen molar-refractivity contribution < 1.29 is 34.0 Å². The third-order valence-electron chi connectivity index (χ3n) is 1.97. The lowest BCUT2D eigenvalue weighted by atomic mass is 10.4. The van der Waals surface area contributed by atoms with E-state index >= 15 is 0 Å². The molecule has 0 heterocycles. The van der Waals surface area contributed by atoms with Crippen molar-refractivity contribution in [1.82, 2.24) is 0 Å². The Labute approximate surface area is 112 Å². The van der Waals surface area contributed by atoms with Crippen LogP contribution < -0.4 is 0 Å². The van der Waals surface area contributed by atoms with Crippen LogP contribution in [0.5, 0.6) is 0 Å². The Hall–Kier alpha value is -0.990. The van der Waals surface area contributed by atoms with E-state index in [-0.39, 0.29) is 13.2 Å². The highest BCUT2D eigenvalue weighted by atomic mass is 16.9. The molecule has 0 aliphatic heterocycles. The van der Waals surface area contributed by atoms with Gasteiger partial charge in [0.15, 0.2) is 0 Å². The molecule has 0 aliphatic carbocycles. The Balaban J connectivity index is 3.81. The zero-order valence-corrected chi connectivity index (χ0v) is 11.1. The van der Waals surface area contributed by atoms with Gasteiger partial charge >= 0.3 is 5.97 Å². The molecular weight excluding hydrogens is 256 g/mol. The SMILES string of the molecule is C=CC(=O)OCC(O)COC(OCO)OCCCC. The van der Waals surface area contributed by atoms with Gasteiger partial charge in [-0.25, -0.2) is 4.79 Å². The molecule has 0 radical (unpaired) electrons. The van der Waals surface area contributed by atoms with E-state index in [4.69, 9.17) is 19.3 Å². The zero-order chi connectivity index (χ0) is 14.5. The summed E-state index contributed by atoms with van der Waals surface area (Å²) in [6, 6.07) is 0. The molecule has 0 aromatic heterocycles. The lowest BCUT2D eigenvalue weighted by Gasteiger charge is -2.19. The zero-order valence-electron chi connectivity index (χ0n) is 11.1. The maximum atomic E-state index is 10.8. The van der Waals surface area contributed by atoms with E-state index in [0.29, 0.717) is 6.61 Å². The van der Waals surface area contributed by atoms with Crippen LogP contribution in [0.4, 0.5) is 0 Å². The maximum absolute atomic E-state index is 10.8. The molecule has 0 saturated carbocycles. The topological polar surface area (TPSA) is 94.5 Å². The van der Waals surface area contributed by atoms with Crippen molar-refractivity contribution in [1.29, 1.82) is 0 Å². The first-order valence-corrected chi connectivity index (χ1v) is 6.07. The minimum Gasteiger partial charge on any atom is -0.460 e. The number of hydrogen-bond acceptors (Lipinski definition) is 7. The van der Waals surface area contributed by atoms with Crippen molar-refractivity contribution in [3.05, 3.63) is 12.7 Å². The van der Waals surface area contributed by atoms with Crippen molar-refractivity contribution >= 4 is 5.97 Å². The number of aliphatic hydroxyl groups is 2. The molecule has 0 amide bonds. The standard InChI is InChI=1S/C12H22O7/c1-3-5-6-16-12(19-9-13)18-8-10(14)7-17-11(15)4-2/h4,10,12-14H,2-3,5-9H2,1H3. The third kappa shape index (κ3) is 10.6. The summed E-state index contributed by atoms with van der Waals surface area (Å²) in [6.07, 6.45) is 1.77. The monoisotopic (exact) mass is 278 g/mol. The summed E-state index contributed by atoms with van der Waals surface area (Å²) >= 11 is 0. The van der Waals surface area contributed by atoms with Gasteiger partial charge in [-0.3, -0.25) is 0 Å². The number of rotatable bonds is 12. The van der Waals surface area contributed by atoms with Gasteiger partial charge in [0, 0.05) is 6.08 Å². The molecule has 7 nitrogen and oxygen atoms in total. The number of hydrogen-bond donors (Lipinski definition) is 2. The predicted octanol–water partition coefficient (Wildman–Crippen LogP) is 0.160. The van der Waals surface area contributed by atoms with Gasteiger partial charge in [0.25, 0.3) is 6.48 Å². The van der Waals surface area contributed by atoms with E-state index in [2.05, 4.69) is 11.3 Å². The third-order valence-corrected chi connectivity index (χ3v) is 1.97. The molecule has 19 heavy (non-hydrogen) atoms. The number of carbonyl (C=O) groups is 1. The van der Waals surface area contributed by atoms with Crippen LogP contribution in [0, 0.1) is 0 Å². The highest BCUT2D eigenvalue weighted by Crippen LogP contribution is 2.01. The van der Waals surface area contributed by atoms with Crippen LogP contribution >= 0.6 is 0 Å². The molecule has 0 saturated heterocycles. The maximum Gasteiger partial charge on any atom is 0.330 e. The smallest absolute Gasteiger partial charge is 0.330 e. The number of aliphatic hydroxyl groups excluding tert-OH is 2. The van der Waals surface area contributed by atoms with Crippen LogP contribution in [-0.4, -0.2) is 55.4 Å². The quantitative estimate of drug-likeness (QED) is 0.227. The lowest BCUT2D eigenvalue weighted by Crippen LogP contribution is -2.29. The van der Waals surface area contributed by atoms with E-state index in [1.54, 1.807) is 0 Å². The van der Waals surface area contributed by atoms with Gasteiger partial charge in [0.05, 0.1) is 13.2 Å². The Morgan fingerprint density at radius 1 is 1.32 bits per heavy atom. The second-order valence-electron chi connectivity index (χ2n) is 3.63. The first-order valence-electron chi connectivity index (χ1n) is 6.07. The number of esters is 1. The number of ether oxygens (including phenoxy) is 4. The highest BCUT2D eigenvalue weighted by molar-refractivity contribution is 5.81. The van der Waals surface area contributed by atoms with Crippen molar-refractivity contribution in [3.8, 4) is 0 Å². The van der Waals surface area contributed by atoms with Gasteiger partial charge < -0.3 is 29.2 Å². The molecule has 7 heteroatoms. The second kappa shape index (κ2) is 12.1. The van der Waals surface area contributed by atoms with Crippen LogP contribution in [-0.2, 0) is 23.7 Å². The van der Waals surface area contributed by atoms with E-state index in [1.165, 1.54) is 0 Å². The van der Waals surface area contributed by atoms with Crippen molar-refractivity contribution in [3.63, 3.8) is 0 Å². The van der Waals surface area contributed by atoms with Crippen molar-refractivity contribution in [2.75, 3.05) is 26.6 Å². The summed E-state index contributed by atoms with van der Waals surface area (Å²) in [5.74, 6) is -0.624. The van der Waals surface area contributed by atoms with Gasteiger partial charge in [-0.15, -0.1) is 0 Å². The summed E-state index contributed by atoms with van der Waals surface area (Å²) in [5.41, 5.74) is 0. The summed E-state index contributed by atoms with van der Waals surface area (Å²) < 4.78 is 19.7. The second-order valence-corrected chi connectivity index (χ2v) is 3.63. The largest absolute Gasteiger partial charge is 0.460 e. The first-order chi connectivity index (χ1) is 9.13. The molecule has 2 N–H and O–H groups in total. The van der Waals surface area contributed by atoms with E-state index < -0.39 is 25.3 Å². The number of unbranched alkanes of at least 4 members (excludes halogenated alkanes) is 1. The summed E-state index contributed by atoms with van der Waals surface area (Å²) in [5, 5.41) is 18.1. The molecule has 0 aromatic carbocycles. The minimum atomic E-state index is -1.05. The van der Waals surface area contributed by atoms with Gasteiger partial charge in [0.2, 0.25) is 0 Å². The minimum absolute atomic E-state index is 0.152. The molecule has 0 rings (SSSR count). The summed E-state index contributed by atoms with van der Waals surface area (Å²) in [6.45, 7) is 3.67. The fourth-order valence-electron chi connectivity index (χ4n) is 1.00. The normalized spacial score (nSPS) is 13.8. The molecule has 0 fully saturated rings. The van der Waals surface area contributed by atoms with Crippen LogP contribution in [0.2, 0.25) is 0 Å². The molecule has 0 aliphatic rings. The summed E-state index contributed by atoms with van der Waals surface area (Å²) in [4.78, 5) is 10.8. The lowest BCUT2D eigenvalue weighted by molar-refractivity contribution is -0.313. The van der Waals surface area contributed by atoms with Gasteiger partial charge in [-0.05, 0) is 6.42 Å². The van der Waals surface area contributed by atoms with Gasteiger partial charge in [-0.1, -0.05) is 19.9 Å². The Kier molecular flexibility index (Phi) is 11.4. The average Bonchev–Trinajstić information content (AvgIpc) is 2.42. The predicted molar refractivity (Wildman–Crippen MR) is 65.9 cm³/mol. The van der Waals surface area contributed by atoms with Gasteiger partial charge in [-0.2, -0.15) is 0 Å².